The van der Waals surface area contributed by atoms with Gasteiger partial charge in [0.1, 0.15) is 25.2 Å². The molecule has 1 aliphatic heterocycles. The first kappa shape index (κ1) is 25.2. The molecule has 0 spiro atoms. The van der Waals surface area contributed by atoms with E-state index in [0.29, 0.717) is 25.8 Å². The lowest BCUT2D eigenvalue weighted by atomic mass is 10.0. The van der Waals surface area contributed by atoms with Crippen molar-refractivity contribution in [2.45, 2.75) is 58.7 Å². The predicted molar refractivity (Wildman–Crippen MR) is 117 cm³/mol. The molecule has 9 heteroatoms. The molecule has 32 heavy (non-hydrogen) atoms. The Morgan fingerprint density at radius 1 is 1.12 bits per heavy atom. The van der Waals surface area contributed by atoms with Crippen LogP contribution < -0.4 is 10.6 Å². The van der Waals surface area contributed by atoms with Crippen LogP contribution in [0.3, 0.4) is 0 Å². The average molecular weight is 448 g/mol. The number of carbonyl (C=O) groups is 4. The number of nitrogens with one attached hydrogen (secondary N) is 2. The first-order valence-electron chi connectivity index (χ1n) is 11.0. The average Bonchev–Trinajstić information content (AvgIpc) is 3.26. The lowest BCUT2D eigenvalue weighted by Gasteiger charge is -2.26. The maximum Gasteiger partial charge on any atom is 0.410 e. The summed E-state index contributed by atoms with van der Waals surface area (Å²) in [6.07, 6.45) is 0.998. The van der Waals surface area contributed by atoms with Crippen molar-refractivity contribution in [2.75, 3.05) is 19.7 Å². The van der Waals surface area contributed by atoms with Crippen LogP contribution in [0.25, 0.3) is 0 Å². The molecular formula is C23H33N3O6. The molecule has 1 heterocycles. The minimum Gasteiger partial charge on any atom is -0.465 e. The molecule has 2 rings (SSSR count). The van der Waals surface area contributed by atoms with Crippen LogP contribution in [0.2, 0.25) is 0 Å². The third-order valence-corrected chi connectivity index (χ3v) is 5.05. The van der Waals surface area contributed by atoms with Gasteiger partial charge in [-0.05, 0) is 37.7 Å². The number of rotatable bonds is 10. The summed E-state index contributed by atoms with van der Waals surface area (Å²) in [6, 6.07) is 7.78. The molecule has 3 amide bonds. The van der Waals surface area contributed by atoms with Gasteiger partial charge >= 0.3 is 12.1 Å². The molecule has 9 nitrogen and oxygen atoms in total. The van der Waals surface area contributed by atoms with E-state index in [-0.39, 0.29) is 25.7 Å². The Morgan fingerprint density at radius 2 is 1.84 bits per heavy atom. The molecule has 0 saturated carbocycles. The van der Waals surface area contributed by atoms with E-state index in [1.54, 1.807) is 6.92 Å². The number of hydrogen-bond donors (Lipinski definition) is 2. The number of likely N-dealkylation sites (tertiary alicyclic amines) is 1. The van der Waals surface area contributed by atoms with E-state index >= 15 is 0 Å². The fraction of sp³-hybridized carbons (Fsp3) is 0.565. The second kappa shape index (κ2) is 12.7. The second-order valence-corrected chi connectivity index (χ2v) is 8.11. The number of esters is 1. The van der Waals surface area contributed by atoms with Gasteiger partial charge in [0.05, 0.1) is 6.61 Å². The number of hydrogen-bond acceptors (Lipinski definition) is 6. The highest BCUT2D eigenvalue weighted by Crippen LogP contribution is 2.20. The van der Waals surface area contributed by atoms with Gasteiger partial charge in [0.15, 0.2) is 0 Å². The molecule has 0 aliphatic carbocycles. The van der Waals surface area contributed by atoms with Gasteiger partial charge < -0.3 is 20.1 Å². The summed E-state index contributed by atoms with van der Waals surface area (Å²) in [5, 5.41) is 5.26. The zero-order valence-corrected chi connectivity index (χ0v) is 19.0. The lowest BCUT2D eigenvalue weighted by Crippen LogP contribution is -2.54. The van der Waals surface area contributed by atoms with Gasteiger partial charge in [-0.3, -0.25) is 19.3 Å². The number of nitrogens with zero attached hydrogens (tertiary/aromatic N) is 1. The summed E-state index contributed by atoms with van der Waals surface area (Å²) in [5.41, 5.74) is 0.858. The fourth-order valence-electron chi connectivity index (χ4n) is 3.53. The molecule has 0 aromatic heterocycles. The third kappa shape index (κ3) is 7.86. The minimum absolute atomic E-state index is 0.122. The molecule has 2 atom stereocenters. The standard InChI is InChI=1S/C23H33N3O6/c1-4-31-20(27)14-24-21(28)18(13-16(2)3)25-22(29)19-11-8-12-26(19)23(30)32-15-17-9-6-5-7-10-17/h5-7,9-10,16,18-19H,4,8,11-15H2,1-3H3,(H,24,28)(H,25,29)/t18-,19-/m1/s1. The maximum atomic E-state index is 12.9. The van der Waals surface area contributed by atoms with E-state index < -0.39 is 36.0 Å². The predicted octanol–water partition coefficient (Wildman–Crippen LogP) is 2.00. The van der Waals surface area contributed by atoms with E-state index in [1.807, 2.05) is 44.2 Å². The second-order valence-electron chi connectivity index (χ2n) is 8.11. The minimum atomic E-state index is -0.820. The van der Waals surface area contributed by atoms with Crippen molar-refractivity contribution in [3.63, 3.8) is 0 Å². The van der Waals surface area contributed by atoms with Crippen molar-refractivity contribution < 1.29 is 28.7 Å². The Labute approximate surface area is 188 Å². The Bertz CT molecular complexity index is 783. The molecule has 1 aliphatic rings. The smallest absolute Gasteiger partial charge is 0.410 e. The highest BCUT2D eigenvalue weighted by atomic mass is 16.6. The molecule has 1 saturated heterocycles. The SMILES string of the molecule is CCOC(=O)CNC(=O)[C@@H](CC(C)C)NC(=O)[C@H]1CCCN1C(=O)OCc1ccccc1. The molecule has 0 unspecified atom stereocenters. The summed E-state index contributed by atoms with van der Waals surface area (Å²) in [7, 11) is 0. The van der Waals surface area contributed by atoms with Gasteiger partial charge in [0, 0.05) is 6.54 Å². The van der Waals surface area contributed by atoms with Crippen molar-refractivity contribution in [1.29, 1.82) is 0 Å². The summed E-state index contributed by atoms with van der Waals surface area (Å²) in [4.78, 5) is 51.0. The van der Waals surface area contributed by atoms with E-state index in [2.05, 4.69) is 10.6 Å². The number of amides is 3. The number of ether oxygens (including phenoxy) is 2. The topological polar surface area (TPSA) is 114 Å². The van der Waals surface area contributed by atoms with Crippen molar-refractivity contribution in [2.24, 2.45) is 5.92 Å². The van der Waals surface area contributed by atoms with Crippen LogP contribution in [0.1, 0.15) is 45.6 Å². The summed E-state index contributed by atoms with van der Waals surface area (Å²) >= 11 is 0. The third-order valence-electron chi connectivity index (χ3n) is 5.05. The number of benzene rings is 1. The largest absolute Gasteiger partial charge is 0.465 e. The van der Waals surface area contributed by atoms with Crippen LogP contribution in [-0.2, 0) is 30.5 Å². The van der Waals surface area contributed by atoms with E-state index in [0.717, 1.165) is 5.56 Å². The first-order valence-corrected chi connectivity index (χ1v) is 11.0. The highest BCUT2D eigenvalue weighted by Gasteiger charge is 2.37. The fourth-order valence-corrected chi connectivity index (χ4v) is 3.53. The van der Waals surface area contributed by atoms with Gasteiger partial charge in [0.2, 0.25) is 11.8 Å². The zero-order chi connectivity index (χ0) is 23.5. The van der Waals surface area contributed by atoms with Crippen LogP contribution in [0.15, 0.2) is 30.3 Å². The quantitative estimate of drug-likeness (QED) is 0.530. The molecule has 1 aromatic rings. The Kier molecular flexibility index (Phi) is 9.97. The van der Waals surface area contributed by atoms with Gasteiger partial charge in [-0.15, -0.1) is 0 Å². The summed E-state index contributed by atoms with van der Waals surface area (Å²) < 4.78 is 10.2. The van der Waals surface area contributed by atoms with Gasteiger partial charge in [0.25, 0.3) is 0 Å². The highest BCUT2D eigenvalue weighted by molar-refractivity contribution is 5.92. The summed E-state index contributed by atoms with van der Waals surface area (Å²) in [5.74, 6) is -1.28. The normalized spacial score (nSPS) is 16.4. The van der Waals surface area contributed by atoms with Gasteiger partial charge in [-0.1, -0.05) is 44.2 Å². The molecule has 1 fully saturated rings. The Hall–Kier alpha value is -3.10. The molecule has 176 valence electrons. The lowest BCUT2D eigenvalue weighted by molar-refractivity contribution is -0.143. The van der Waals surface area contributed by atoms with Crippen LogP contribution in [0.5, 0.6) is 0 Å². The Balaban J connectivity index is 1.95. The van der Waals surface area contributed by atoms with Crippen LogP contribution in [-0.4, -0.2) is 60.6 Å². The maximum absolute atomic E-state index is 12.9. The Morgan fingerprint density at radius 3 is 2.50 bits per heavy atom. The molecular weight excluding hydrogens is 414 g/mol. The van der Waals surface area contributed by atoms with Crippen LogP contribution in [0, 0.1) is 5.92 Å². The van der Waals surface area contributed by atoms with Gasteiger partial charge in [-0.25, -0.2) is 4.79 Å². The van der Waals surface area contributed by atoms with Crippen LogP contribution >= 0.6 is 0 Å². The van der Waals surface area contributed by atoms with Crippen LogP contribution in [0.4, 0.5) is 4.79 Å². The van der Waals surface area contributed by atoms with E-state index in [4.69, 9.17) is 9.47 Å². The zero-order valence-electron chi connectivity index (χ0n) is 19.0. The van der Waals surface area contributed by atoms with Crippen molar-refractivity contribution in [1.82, 2.24) is 15.5 Å². The van der Waals surface area contributed by atoms with Crippen molar-refractivity contribution >= 4 is 23.9 Å². The molecule has 0 bridgehead atoms. The summed E-state index contributed by atoms with van der Waals surface area (Å²) in [6.45, 7) is 6.03. The number of carbonyl (C=O) groups excluding carboxylic acids is 4. The molecule has 2 N–H and O–H groups in total. The molecule has 1 aromatic carbocycles. The van der Waals surface area contributed by atoms with E-state index in [9.17, 15) is 19.2 Å². The van der Waals surface area contributed by atoms with E-state index in [1.165, 1.54) is 4.90 Å². The van der Waals surface area contributed by atoms with Gasteiger partial charge in [-0.2, -0.15) is 0 Å². The van der Waals surface area contributed by atoms with Crippen molar-refractivity contribution in [3.8, 4) is 0 Å². The monoisotopic (exact) mass is 447 g/mol. The first-order chi connectivity index (χ1) is 15.3. The van der Waals surface area contributed by atoms with Crippen molar-refractivity contribution in [3.05, 3.63) is 35.9 Å². The molecule has 0 radical (unpaired) electrons.